The van der Waals surface area contributed by atoms with E-state index in [0.717, 1.165) is 12.8 Å². The van der Waals surface area contributed by atoms with E-state index in [1.54, 1.807) is 37.8 Å². The maximum absolute atomic E-state index is 14.4. The lowest BCUT2D eigenvalue weighted by Crippen LogP contribution is -2.61. The molecule has 0 aliphatic rings. The lowest BCUT2D eigenvalue weighted by atomic mass is 9.89. The van der Waals surface area contributed by atoms with Gasteiger partial charge in [0.1, 0.15) is 23.4 Å². The molecular weight excluding hydrogens is 470 g/mol. The highest BCUT2D eigenvalue weighted by Crippen LogP contribution is 2.34. The number of benzene rings is 1. The zero-order valence-corrected chi connectivity index (χ0v) is 24.5. The van der Waals surface area contributed by atoms with Crippen LogP contribution in [0.2, 0.25) is 0 Å². The van der Waals surface area contributed by atoms with Crippen molar-refractivity contribution >= 4 is 17.9 Å². The Morgan fingerprint density at radius 3 is 2.14 bits per heavy atom. The molecule has 1 aromatic rings. The van der Waals surface area contributed by atoms with Crippen LogP contribution < -0.4 is 10.6 Å². The number of phenolic OH excluding ortho intramolecular Hbond substituents is 1. The van der Waals surface area contributed by atoms with Gasteiger partial charge < -0.3 is 25.4 Å². The van der Waals surface area contributed by atoms with E-state index in [4.69, 9.17) is 4.74 Å². The van der Waals surface area contributed by atoms with Crippen molar-refractivity contribution in [2.24, 2.45) is 5.92 Å². The summed E-state index contributed by atoms with van der Waals surface area (Å²) in [4.78, 5) is 42.5. The topological polar surface area (TPSA) is 108 Å². The Bertz CT molecular complexity index is 909. The standard InChI is InChI=1S/C29H49N3O5/c1-11-15-20(5)30-25(34)24(21-16-14-17-22(33)18-21)32(29(9,10)13-3)26(35)23(19(4)12-2)31-27(36)37-28(6,7)8/h14,16-20,23-24,33H,11-13,15H2,1-10H3,(H,30,34)(H,31,36). The molecular formula is C29H49N3O5. The highest BCUT2D eigenvalue weighted by atomic mass is 16.6. The highest BCUT2D eigenvalue weighted by molar-refractivity contribution is 5.93. The molecule has 0 saturated carbocycles. The first-order valence-electron chi connectivity index (χ1n) is 13.5. The molecule has 0 saturated heterocycles. The number of carbonyl (C=O) groups excluding carboxylic acids is 3. The van der Waals surface area contributed by atoms with Gasteiger partial charge >= 0.3 is 6.09 Å². The van der Waals surface area contributed by atoms with Gasteiger partial charge in [-0.05, 0) is 78.0 Å². The molecule has 3 amide bonds. The zero-order valence-electron chi connectivity index (χ0n) is 24.5. The van der Waals surface area contributed by atoms with Crippen LogP contribution in [-0.2, 0) is 14.3 Å². The van der Waals surface area contributed by atoms with Gasteiger partial charge in [0.15, 0.2) is 0 Å². The number of nitrogens with zero attached hydrogens (tertiary/aromatic N) is 1. The first kappa shape index (κ1) is 32.3. The minimum absolute atomic E-state index is 0.00367. The second-order valence-corrected chi connectivity index (χ2v) is 11.6. The van der Waals surface area contributed by atoms with Crippen molar-refractivity contribution < 1.29 is 24.2 Å². The molecule has 8 heteroatoms. The van der Waals surface area contributed by atoms with Gasteiger partial charge in [-0.2, -0.15) is 0 Å². The summed E-state index contributed by atoms with van der Waals surface area (Å²) in [5.41, 5.74) is -0.981. The number of rotatable bonds is 12. The van der Waals surface area contributed by atoms with Gasteiger partial charge in [0.25, 0.3) is 0 Å². The third kappa shape index (κ3) is 9.56. The highest BCUT2D eigenvalue weighted by Gasteiger charge is 2.44. The number of carbonyl (C=O) groups is 3. The van der Waals surface area contributed by atoms with E-state index >= 15 is 0 Å². The molecule has 1 aromatic carbocycles. The molecule has 0 fully saturated rings. The Morgan fingerprint density at radius 1 is 1.03 bits per heavy atom. The molecule has 8 nitrogen and oxygen atoms in total. The summed E-state index contributed by atoms with van der Waals surface area (Å²) >= 11 is 0. The van der Waals surface area contributed by atoms with Crippen LogP contribution in [0.4, 0.5) is 4.79 Å². The smallest absolute Gasteiger partial charge is 0.408 e. The molecule has 0 aliphatic carbocycles. The molecule has 37 heavy (non-hydrogen) atoms. The van der Waals surface area contributed by atoms with Gasteiger partial charge in [0, 0.05) is 11.6 Å². The fraction of sp³-hybridized carbons (Fsp3) is 0.690. The summed E-state index contributed by atoms with van der Waals surface area (Å²) in [7, 11) is 0. The number of phenols is 1. The average Bonchev–Trinajstić information content (AvgIpc) is 2.78. The minimum Gasteiger partial charge on any atom is -0.508 e. The average molecular weight is 520 g/mol. The second kappa shape index (κ2) is 13.7. The molecule has 0 spiro atoms. The van der Waals surface area contributed by atoms with E-state index in [9.17, 15) is 19.5 Å². The van der Waals surface area contributed by atoms with Crippen LogP contribution in [0.25, 0.3) is 0 Å². The number of amides is 3. The number of aromatic hydroxyl groups is 1. The Morgan fingerprint density at radius 2 is 1.65 bits per heavy atom. The fourth-order valence-electron chi connectivity index (χ4n) is 4.15. The van der Waals surface area contributed by atoms with Crippen LogP contribution in [0.15, 0.2) is 24.3 Å². The van der Waals surface area contributed by atoms with Gasteiger partial charge in [0.2, 0.25) is 11.8 Å². The molecule has 4 atom stereocenters. The summed E-state index contributed by atoms with van der Waals surface area (Å²) in [6, 6.07) is 4.42. The van der Waals surface area contributed by atoms with Crippen molar-refractivity contribution in [1.82, 2.24) is 15.5 Å². The third-order valence-corrected chi connectivity index (χ3v) is 6.71. The van der Waals surface area contributed by atoms with Gasteiger partial charge in [-0.1, -0.05) is 52.7 Å². The summed E-state index contributed by atoms with van der Waals surface area (Å²) in [6.07, 6.45) is 2.20. The lowest BCUT2D eigenvalue weighted by molar-refractivity contribution is -0.150. The first-order chi connectivity index (χ1) is 17.1. The third-order valence-electron chi connectivity index (χ3n) is 6.71. The normalized spacial score (nSPS) is 15.2. The van der Waals surface area contributed by atoms with E-state index in [-0.39, 0.29) is 29.5 Å². The Labute approximate surface area is 223 Å². The van der Waals surface area contributed by atoms with Crippen LogP contribution in [-0.4, -0.2) is 51.1 Å². The number of alkyl carbamates (subject to hydrolysis) is 1. The second-order valence-electron chi connectivity index (χ2n) is 11.6. The van der Waals surface area contributed by atoms with Crippen molar-refractivity contribution in [2.45, 2.75) is 124 Å². The van der Waals surface area contributed by atoms with E-state index in [1.165, 1.54) is 12.1 Å². The van der Waals surface area contributed by atoms with E-state index in [0.29, 0.717) is 18.4 Å². The largest absolute Gasteiger partial charge is 0.508 e. The maximum Gasteiger partial charge on any atom is 0.408 e. The number of hydrogen-bond donors (Lipinski definition) is 3. The number of hydrogen-bond acceptors (Lipinski definition) is 5. The van der Waals surface area contributed by atoms with E-state index in [1.807, 2.05) is 48.5 Å². The molecule has 0 heterocycles. The van der Waals surface area contributed by atoms with Crippen molar-refractivity contribution in [3.05, 3.63) is 29.8 Å². The van der Waals surface area contributed by atoms with Crippen molar-refractivity contribution in [2.75, 3.05) is 0 Å². The van der Waals surface area contributed by atoms with Crippen LogP contribution in [0, 0.1) is 5.92 Å². The molecule has 0 aromatic heterocycles. The zero-order chi connectivity index (χ0) is 28.6. The SMILES string of the molecule is CCCC(C)NC(=O)C(c1cccc(O)c1)N(C(=O)C(NC(=O)OC(C)(C)C)C(C)CC)C(C)(C)CC. The van der Waals surface area contributed by atoms with Gasteiger partial charge in [-0.3, -0.25) is 9.59 Å². The lowest BCUT2D eigenvalue weighted by Gasteiger charge is -2.45. The molecule has 3 N–H and O–H groups in total. The summed E-state index contributed by atoms with van der Waals surface area (Å²) in [5.74, 6) is -0.925. The molecule has 1 rings (SSSR count). The Kier molecular flexibility index (Phi) is 11.9. The summed E-state index contributed by atoms with van der Waals surface area (Å²) in [5, 5.41) is 16.1. The predicted octanol–water partition coefficient (Wildman–Crippen LogP) is 5.69. The molecule has 0 radical (unpaired) electrons. The first-order valence-corrected chi connectivity index (χ1v) is 13.5. The van der Waals surface area contributed by atoms with Gasteiger partial charge in [-0.15, -0.1) is 0 Å². The maximum atomic E-state index is 14.4. The van der Waals surface area contributed by atoms with Crippen LogP contribution in [0.1, 0.15) is 107 Å². The van der Waals surface area contributed by atoms with Crippen molar-refractivity contribution in [1.29, 1.82) is 0 Å². The molecule has 210 valence electrons. The van der Waals surface area contributed by atoms with Gasteiger partial charge in [-0.25, -0.2) is 4.79 Å². The monoisotopic (exact) mass is 519 g/mol. The fourth-order valence-corrected chi connectivity index (χ4v) is 4.15. The predicted molar refractivity (Wildman–Crippen MR) is 147 cm³/mol. The Balaban J connectivity index is 3.67. The summed E-state index contributed by atoms with van der Waals surface area (Å²) in [6.45, 7) is 18.9. The quantitative estimate of drug-likeness (QED) is 0.329. The van der Waals surface area contributed by atoms with Gasteiger partial charge in [0.05, 0.1) is 0 Å². The van der Waals surface area contributed by atoms with Crippen LogP contribution >= 0.6 is 0 Å². The van der Waals surface area contributed by atoms with Crippen molar-refractivity contribution in [3.63, 3.8) is 0 Å². The van der Waals surface area contributed by atoms with E-state index in [2.05, 4.69) is 10.6 Å². The number of nitrogens with one attached hydrogen (secondary N) is 2. The number of ether oxygens (including phenoxy) is 1. The van der Waals surface area contributed by atoms with Crippen LogP contribution in [0.5, 0.6) is 5.75 Å². The van der Waals surface area contributed by atoms with Crippen molar-refractivity contribution in [3.8, 4) is 5.75 Å². The Hall–Kier alpha value is -2.77. The van der Waals surface area contributed by atoms with E-state index < -0.39 is 29.3 Å². The minimum atomic E-state index is -1.01. The molecule has 0 bridgehead atoms. The molecule has 4 unspecified atom stereocenters. The van der Waals surface area contributed by atoms with Crippen LogP contribution in [0.3, 0.4) is 0 Å². The molecule has 0 aliphatic heterocycles. The summed E-state index contributed by atoms with van der Waals surface area (Å²) < 4.78 is 5.46.